The van der Waals surface area contributed by atoms with Crippen LogP contribution in [0.25, 0.3) is 22.4 Å². The summed E-state index contributed by atoms with van der Waals surface area (Å²) in [4.78, 5) is 8.15. The first-order chi connectivity index (χ1) is 16.5. The monoisotopic (exact) mass is 478 g/mol. The molecule has 4 N–H and O–H groups in total. The molecule has 4 atom stereocenters. The summed E-state index contributed by atoms with van der Waals surface area (Å²) in [5, 5.41) is 35.4. The van der Waals surface area contributed by atoms with Gasteiger partial charge in [-0.25, -0.2) is 9.97 Å². The molecule has 0 spiro atoms. The molecule has 1 aromatic carbocycles. The highest BCUT2D eigenvalue weighted by molar-refractivity contribution is 7.98. The summed E-state index contributed by atoms with van der Waals surface area (Å²) in [6.07, 6.45) is -1.08. The summed E-state index contributed by atoms with van der Waals surface area (Å²) in [5.74, 6) is 1.91. The molecule has 11 heteroatoms. The molecular weight excluding hydrogens is 456 g/mol. The van der Waals surface area contributed by atoms with Crippen molar-refractivity contribution >= 4 is 28.6 Å². The van der Waals surface area contributed by atoms with E-state index in [0.29, 0.717) is 22.5 Å². The summed E-state index contributed by atoms with van der Waals surface area (Å²) in [6.45, 7) is 1.89. The number of aryl methyl sites for hydroxylation is 1. The maximum Gasteiger partial charge on any atom is 0.171 e. The van der Waals surface area contributed by atoms with Crippen LogP contribution in [-0.4, -0.2) is 54.0 Å². The van der Waals surface area contributed by atoms with E-state index in [-0.39, 0.29) is 11.4 Å². The molecule has 1 aliphatic heterocycles. The number of fused-ring (bicyclic) bond motifs is 1. The van der Waals surface area contributed by atoms with E-state index < -0.39 is 24.5 Å². The van der Waals surface area contributed by atoms with E-state index in [1.54, 1.807) is 11.8 Å². The number of aliphatic hydroxyl groups is 2. The standard InChI is InChI=1S/C23H22N6O4S/c1-12-15(20(33-28-12)13-5-3-2-4-6-13)9-34-10-16-18(30)19(31)23(32-16)29-8-14(7-24)17-21(25)26-11-27-22(17)29/h2-6,8,11,16,18-19,23,30-31H,9-10H2,1H3,(H2,25,26,27)/t16-,18-,19-,23-/m1/s1. The van der Waals surface area contributed by atoms with Crippen LogP contribution < -0.4 is 5.73 Å². The molecule has 4 heterocycles. The number of thioether (sulfide) groups is 1. The molecule has 10 nitrogen and oxygen atoms in total. The highest BCUT2D eigenvalue weighted by atomic mass is 32.2. The van der Waals surface area contributed by atoms with Crippen LogP contribution >= 0.6 is 11.8 Å². The van der Waals surface area contributed by atoms with Gasteiger partial charge in [0, 0.05) is 28.8 Å². The largest absolute Gasteiger partial charge is 0.387 e. The SMILES string of the molecule is Cc1noc(-c2ccccc2)c1CSC[C@H]1O[C@@H](n2cc(C#N)c3c(N)ncnc32)[C@H](O)[C@@H]1O. The second kappa shape index (κ2) is 9.08. The Labute approximate surface area is 199 Å². The van der Waals surface area contributed by atoms with Gasteiger partial charge in [-0.15, -0.1) is 0 Å². The molecule has 174 valence electrons. The third-order valence-corrected chi connectivity index (χ3v) is 6.98. The van der Waals surface area contributed by atoms with Crippen LogP contribution in [0.2, 0.25) is 0 Å². The van der Waals surface area contributed by atoms with Gasteiger partial charge in [0.25, 0.3) is 0 Å². The van der Waals surface area contributed by atoms with E-state index in [4.69, 9.17) is 15.0 Å². The van der Waals surface area contributed by atoms with Crippen LogP contribution in [-0.2, 0) is 10.5 Å². The van der Waals surface area contributed by atoms with E-state index in [2.05, 4.69) is 21.2 Å². The van der Waals surface area contributed by atoms with E-state index in [1.807, 2.05) is 37.3 Å². The van der Waals surface area contributed by atoms with Crippen molar-refractivity contribution in [3.8, 4) is 17.4 Å². The van der Waals surface area contributed by atoms with Crippen molar-refractivity contribution in [2.24, 2.45) is 0 Å². The molecule has 0 saturated carbocycles. The number of nitriles is 1. The predicted molar refractivity (Wildman–Crippen MR) is 125 cm³/mol. The fraction of sp³-hybridized carbons (Fsp3) is 0.304. The van der Waals surface area contributed by atoms with E-state index >= 15 is 0 Å². The Balaban J connectivity index is 1.32. The van der Waals surface area contributed by atoms with Crippen LogP contribution in [0.1, 0.15) is 23.0 Å². The Morgan fingerprint density at radius 3 is 2.76 bits per heavy atom. The lowest BCUT2D eigenvalue weighted by Crippen LogP contribution is -2.32. The molecule has 1 aliphatic rings. The van der Waals surface area contributed by atoms with Crippen molar-refractivity contribution in [2.45, 2.75) is 37.2 Å². The lowest BCUT2D eigenvalue weighted by molar-refractivity contribution is -0.0285. The third-order valence-electron chi connectivity index (χ3n) is 5.92. The topological polar surface area (TPSA) is 156 Å². The Morgan fingerprint density at radius 1 is 1.21 bits per heavy atom. The number of nitrogen functional groups attached to an aromatic ring is 1. The summed E-state index contributed by atoms with van der Waals surface area (Å²) in [5.41, 5.74) is 9.28. The summed E-state index contributed by atoms with van der Waals surface area (Å²) in [7, 11) is 0. The van der Waals surface area contributed by atoms with Crippen molar-refractivity contribution < 1.29 is 19.5 Å². The van der Waals surface area contributed by atoms with Gasteiger partial charge in [-0.3, -0.25) is 0 Å². The minimum absolute atomic E-state index is 0.166. The number of nitrogens with two attached hydrogens (primary N) is 1. The number of anilines is 1. The lowest BCUT2D eigenvalue weighted by atomic mass is 10.1. The quantitative estimate of drug-likeness (QED) is 0.376. The highest BCUT2D eigenvalue weighted by Crippen LogP contribution is 2.36. The third kappa shape index (κ3) is 3.80. The highest BCUT2D eigenvalue weighted by Gasteiger charge is 2.44. The van der Waals surface area contributed by atoms with Crippen LogP contribution in [0.5, 0.6) is 0 Å². The van der Waals surface area contributed by atoms with E-state index in [1.165, 1.54) is 17.1 Å². The maximum absolute atomic E-state index is 10.7. The Kier molecular flexibility index (Phi) is 5.97. The second-order valence-corrected chi connectivity index (χ2v) is 9.05. The number of rotatable bonds is 6. The minimum Gasteiger partial charge on any atom is -0.387 e. The molecule has 0 amide bonds. The fourth-order valence-corrected chi connectivity index (χ4v) is 5.31. The van der Waals surface area contributed by atoms with Gasteiger partial charge in [0.05, 0.1) is 22.7 Å². The molecular formula is C23H22N6O4S. The summed E-state index contributed by atoms with van der Waals surface area (Å²) < 4.78 is 13.1. The van der Waals surface area contributed by atoms with Crippen molar-refractivity contribution in [3.05, 3.63) is 59.7 Å². The van der Waals surface area contributed by atoms with Crippen LogP contribution in [0.15, 0.2) is 47.4 Å². The van der Waals surface area contributed by atoms with Crippen molar-refractivity contribution in [3.63, 3.8) is 0 Å². The van der Waals surface area contributed by atoms with Gasteiger partial charge < -0.3 is 29.8 Å². The minimum atomic E-state index is -1.21. The number of aromatic nitrogens is 4. The number of hydrogen-bond donors (Lipinski definition) is 3. The molecule has 0 radical (unpaired) electrons. The first-order valence-electron chi connectivity index (χ1n) is 10.6. The maximum atomic E-state index is 10.7. The van der Waals surface area contributed by atoms with E-state index in [9.17, 15) is 15.5 Å². The molecule has 4 aromatic rings. The zero-order chi connectivity index (χ0) is 23.8. The number of hydrogen-bond acceptors (Lipinski definition) is 10. The molecule has 0 bridgehead atoms. The Hall–Kier alpha value is -3.43. The molecule has 34 heavy (non-hydrogen) atoms. The van der Waals surface area contributed by atoms with Gasteiger partial charge in [-0.05, 0) is 6.92 Å². The van der Waals surface area contributed by atoms with Crippen molar-refractivity contribution in [1.29, 1.82) is 5.26 Å². The average molecular weight is 479 g/mol. The van der Waals surface area contributed by atoms with Gasteiger partial charge in [-0.1, -0.05) is 35.5 Å². The number of benzene rings is 1. The van der Waals surface area contributed by atoms with Gasteiger partial charge in [0.1, 0.15) is 36.1 Å². The van der Waals surface area contributed by atoms with Gasteiger partial charge in [0.15, 0.2) is 12.0 Å². The summed E-state index contributed by atoms with van der Waals surface area (Å²) in [6, 6.07) is 11.8. The predicted octanol–water partition coefficient (Wildman–Crippen LogP) is 2.40. The first-order valence-corrected chi connectivity index (χ1v) is 11.8. The number of aliphatic hydroxyl groups excluding tert-OH is 2. The van der Waals surface area contributed by atoms with Crippen molar-refractivity contribution in [2.75, 3.05) is 11.5 Å². The smallest absolute Gasteiger partial charge is 0.171 e. The van der Waals surface area contributed by atoms with Crippen LogP contribution in [0.4, 0.5) is 5.82 Å². The normalized spacial score (nSPS) is 22.3. The molecule has 1 saturated heterocycles. The molecule has 5 rings (SSSR count). The van der Waals surface area contributed by atoms with E-state index in [0.717, 1.165) is 22.6 Å². The average Bonchev–Trinajstić information content (AvgIpc) is 3.50. The number of nitrogens with zero attached hydrogens (tertiary/aromatic N) is 5. The molecule has 0 aliphatic carbocycles. The summed E-state index contributed by atoms with van der Waals surface area (Å²) >= 11 is 1.55. The van der Waals surface area contributed by atoms with Gasteiger partial charge in [-0.2, -0.15) is 17.0 Å². The van der Waals surface area contributed by atoms with Crippen LogP contribution in [0, 0.1) is 18.3 Å². The Morgan fingerprint density at radius 2 is 2.00 bits per heavy atom. The van der Waals surface area contributed by atoms with Crippen molar-refractivity contribution in [1.82, 2.24) is 19.7 Å². The van der Waals surface area contributed by atoms with Gasteiger partial charge >= 0.3 is 0 Å². The molecule has 0 unspecified atom stereocenters. The molecule has 3 aromatic heterocycles. The zero-order valence-electron chi connectivity index (χ0n) is 18.2. The van der Waals surface area contributed by atoms with Gasteiger partial charge in [0.2, 0.25) is 0 Å². The number of ether oxygens (including phenoxy) is 1. The fourth-order valence-electron chi connectivity index (χ4n) is 4.14. The van der Waals surface area contributed by atoms with Crippen LogP contribution in [0.3, 0.4) is 0 Å². The first kappa shape index (κ1) is 22.4. The lowest BCUT2D eigenvalue weighted by Gasteiger charge is -2.17. The Bertz CT molecular complexity index is 1370. The zero-order valence-corrected chi connectivity index (χ0v) is 19.0. The second-order valence-electron chi connectivity index (χ2n) is 8.02. The molecule has 1 fully saturated rings.